The highest BCUT2D eigenvalue weighted by molar-refractivity contribution is 6.35. The second-order valence-corrected chi connectivity index (χ2v) is 3.50. The predicted octanol–water partition coefficient (Wildman–Crippen LogP) is -1.96. The van der Waals surface area contributed by atoms with Crippen LogP contribution in [0.3, 0.4) is 0 Å². The minimum Gasteiger partial charge on any atom is -0.395 e. The molecule has 1 aliphatic carbocycles. The van der Waals surface area contributed by atoms with Gasteiger partial charge in [0, 0.05) is 25.7 Å². The van der Waals surface area contributed by atoms with Gasteiger partial charge in [0.1, 0.15) is 0 Å². The Bertz CT molecular complexity index is 241. The van der Waals surface area contributed by atoms with Gasteiger partial charge in [-0.05, 0) is 12.8 Å². The first-order valence-electron chi connectivity index (χ1n) is 5.10. The van der Waals surface area contributed by atoms with Crippen LogP contribution < -0.4 is 11.1 Å². The van der Waals surface area contributed by atoms with Crippen molar-refractivity contribution in [2.24, 2.45) is 5.73 Å². The average Bonchev–Trinajstić information content (AvgIpc) is 3.05. The van der Waals surface area contributed by atoms with Gasteiger partial charge in [-0.3, -0.25) is 9.59 Å². The van der Waals surface area contributed by atoms with Crippen LogP contribution in [0.15, 0.2) is 0 Å². The Labute approximate surface area is 88.4 Å². The molecule has 0 aromatic heterocycles. The fourth-order valence-electron chi connectivity index (χ4n) is 1.34. The van der Waals surface area contributed by atoms with Gasteiger partial charge < -0.3 is 21.1 Å². The number of nitrogens with one attached hydrogen (secondary N) is 1. The fourth-order valence-corrected chi connectivity index (χ4v) is 1.34. The van der Waals surface area contributed by atoms with E-state index in [1.54, 1.807) is 0 Å². The van der Waals surface area contributed by atoms with Crippen molar-refractivity contribution >= 4 is 11.8 Å². The molecule has 1 fully saturated rings. The first-order chi connectivity index (χ1) is 7.20. The third-order valence-electron chi connectivity index (χ3n) is 2.21. The van der Waals surface area contributed by atoms with E-state index in [2.05, 4.69) is 5.32 Å². The standard InChI is InChI=1S/C9H17N3O3/c10-3-4-11-8(14)9(15)12(5-6-13)7-1-2-7/h7,13H,1-6,10H2,(H,11,14). The molecule has 0 unspecified atom stereocenters. The molecule has 0 spiro atoms. The smallest absolute Gasteiger partial charge is 0.312 e. The second kappa shape index (κ2) is 5.67. The van der Waals surface area contributed by atoms with Gasteiger partial charge in [0.05, 0.1) is 6.61 Å². The maximum Gasteiger partial charge on any atom is 0.312 e. The summed E-state index contributed by atoms with van der Waals surface area (Å²) in [6, 6.07) is 0.133. The van der Waals surface area contributed by atoms with E-state index in [0.717, 1.165) is 12.8 Å². The first kappa shape index (κ1) is 11.9. The van der Waals surface area contributed by atoms with Crippen molar-refractivity contribution in [2.75, 3.05) is 26.2 Å². The van der Waals surface area contributed by atoms with Gasteiger partial charge in [-0.25, -0.2) is 0 Å². The van der Waals surface area contributed by atoms with Crippen LogP contribution in [0.5, 0.6) is 0 Å². The van der Waals surface area contributed by atoms with Gasteiger partial charge in [0.2, 0.25) is 0 Å². The number of nitrogens with zero attached hydrogens (tertiary/aromatic N) is 1. The van der Waals surface area contributed by atoms with E-state index in [1.807, 2.05) is 0 Å². The number of hydrogen-bond donors (Lipinski definition) is 3. The van der Waals surface area contributed by atoms with Crippen molar-refractivity contribution < 1.29 is 14.7 Å². The fraction of sp³-hybridized carbons (Fsp3) is 0.778. The zero-order valence-corrected chi connectivity index (χ0v) is 8.61. The molecule has 6 heteroatoms. The van der Waals surface area contributed by atoms with Gasteiger partial charge in [-0.1, -0.05) is 0 Å². The number of rotatable bonds is 5. The summed E-state index contributed by atoms with van der Waals surface area (Å²) in [5.74, 6) is -1.21. The Morgan fingerprint density at radius 3 is 2.60 bits per heavy atom. The Balaban J connectivity index is 2.43. The number of hydrogen-bond acceptors (Lipinski definition) is 4. The Morgan fingerprint density at radius 2 is 2.13 bits per heavy atom. The highest BCUT2D eigenvalue weighted by Gasteiger charge is 2.34. The summed E-state index contributed by atoms with van der Waals surface area (Å²) in [4.78, 5) is 24.3. The van der Waals surface area contributed by atoms with E-state index >= 15 is 0 Å². The SMILES string of the molecule is NCCNC(=O)C(=O)N(CCO)C1CC1. The van der Waals surface area contributed by atoms with E-state index in [9.17, 15) is 9.59 Å². The summed E-state index contributed by atoms with van der Waals surface area (Å²) in [5, 5.41) is 11.2. The van der Waals surface area contributed by atoms with Gasteiger partial charge >= 0.3 is 11.8 Å². The van der Waals surface area contributed by atoms with Gasteiger partial charge in [-0.2, -0.15) is 0 Å². The molecule has 15 heavy (non-hydrogen) atoms. The molecule has 4 N–H and O–H groups in total. The van der Waals surface area contributed by atoms with Crippen LogP contribution in [-0.2, 0) is 9.59 Å². The molecular weight excluding hydrogens is 198 g/mol. The lowest BCUT2D eigenvalue weighted by molar-refractivity contribution is -0.146. The minimum absolute atomic E-state index is 0.119. The third kappa shape index (κ3) is 3.49. The molecule has 0 aromatic rings. The van der Waals surface area contributed by atoms with E-state index in [4.69, 9.17) is 10.8 Å². The Hall–Kier alpha value is -1.14. The van der Waals surface area contributed by atoms with Gasteiger partial charge in [-0.15, -0.1) is 0 Å². The molecule has 0 atom stereocenters. The monoisotopic (exact) mass is 215 g/mol. The summed E-state index contributed by atoms with van der Waals surface area (Å²) >= 11 is 0. The number of carbonyl (C=O) groups excluding carboxylic acids is 2. The van der Waals surface area contributed by atoms with E-state index in [-0.39, 0.29) is 19.2 Å². The molecule has 2 amide bonds. The quantitative estimate of drug-likeness (QED) is 0.464. The molecule has 0 heterocycles. The zero-order chi connectivity index (χ0) is 11.3. The second-order valence-electron chi connectivity index (χ2n) is 3.50. The zero-order valence-electron chi connectivity index (χ0n) is 8.61. The van der Waals surface area contributed by atoms with Crippen LogP contribution in [0.4, 0.5) is 0 Å². The summed E-state index contributed by atoms with van der Waals surface area (Å²) in [5.41, 5.74) is 5.20. The topological polar surface area (TPSA) is 95.7 Å². The highest BCUT2D eigenvalue weighted by atomic mass is 16.3. The Morgan fingerprint density at radius 1 is 1.47 bits per heavy atom. The van der Waals surface area contributed by atoms with Crippen molar-refractivity contribution in [3.63, 3.8) is 0 Å². The number of nitrogens with two attached hydrogens (primary N) is 1. The molecule has 0 aromatic carbocycles. The Kier molecular flexibility index (Phi) is 4.51. The predicted molar refractivity (Wildman–Crippen MR) is 53.9 cm³/mol. The molecule has 0 bridgehead atoms. The van der Waals surface area contributed by atoms with Crippen LogP contribution in [0.2, 0.25) is 0 Å². The minimum atomic E-state index is -0.638. The molecule has 1 rings (SSSR count). The van der Waals surface area contributed by atoms with Crippen molar-refractivity contribution in [2.45, 2.75) is 18.9 Å². The van der Waals surface area contributed by atoms with Crippen molar-refractivity contribution in [3.8, 4) is 0 Å². The van der Waals surface area contributed by atoms with Crippen LogP contribution in [0, 0.1) is 0 Å². The van der Waals surface area contributed by atoms with Crippen molar-refractivity contribution in [3.05, 3.63) is 0 Å². The summed E-state index contributed by atoms with van der Waals surface area (Å²) in [6.07, 6.45) is 1.83. The van der Waals surface area contributed by atoms with Crippen molar-refractivity contribution in [1.29, 1.82) is 0 Å². The van der Waals surface area contributed by atoms with Crippen LogP contribution in [-0.4, -0.2) is 54.1 Å². The highest BCUT2D eigenvalue weighted by Crippen LogP contribution is 2.26. The molecule has 6 nitrogen and oxygen atoms in total. The molecule has 1 saturated carbocycles. The van der Waals surface area contributed by atoms with E-state index in [1.165, 1.54) is 4.90 Å². The lowest BCUT2D eigenvalue weighted by Gasteiger charge is -2.20. The summed E-state index contributed by atoms with van der Waals surface area (Å²) < 4.78 is 0. The normalized spacial score (nSPS) is 14.8. The van der Waals surface area contributed by atoms with Crippen LogP contribution in [0.1, 0.15) is 12.8 Å². The summed E-state index contributed by atoms with van der Waals surface area (Å²) in [6.45, 7) is 0.705. The van der Waals surface area contributed by atoms with Gasteiger partial charge in [0.15, 0.2) is 0 Å². The van der Waals surface area contributed by atoms with Crippen LogP contribution in [0.25, 0.3) is 0 Å². The maximum atomic E-state index is 11.6. The lowest BCUT2D eigenvalue weighted by Crippen LogP contribution is -2.46. The molecule has 0 radical (unpaired) electrons. The summed E-state index contributed by atoms with van der Waals surface area (Å²) in [7, 11) is 0. The molecule has 86 valence electrons. The molecule has 0 aliphatic heterocycles. The van der Waals surface area contributed by atoms with E-state index in [0.29, 0.717) is 13.1 Å². The molecule has 1 aliphatic rings. The van der Waals surface area contributed by atoms with Gasteiger partial charge in [0.25, 0.3) is 0 Å². The number of aliphatic hydroxyl groups excluding tert-OH is 1. The average molecular weight is 215 g/mol. The number of amides is 2. The molecule has 0 saturated heterocycles. The third-order valence-corrected chi connectivity index (χ3v) is 2.21. The number of carbonyl (C=O) groups is 2. The maximum absolute atomic E-state index is 11.6. The first-order valence-corrected chi connectivity index (χ1v) is 5.10. The largest absolute Gasteiger partial charge is 0.395 e. The number of aliphatic hydroxyl groups is 1. The molecular formula is C9H17N3O3. The lowest BCUT2D eigenvalue weighted by atomic mass is 10.4. The van der Waals surface area contributed by atoms with Crippen molar-refractivity contribution in [1.82, 2.24) is 10.2 Å². The van der Waals surface area contributed by atoms with Crippen LogP contribution >= 0.6 is 0 Å². The van der Waals surface area contributed by atoms with E-state index < -0.39 is 11.8 Å².